The molecule has 1 saturated heterocycles. The van der Waals surface area contributed by atoms with Gasteiger partial charge in [-0.05, 0) is 37.6 Å². The first-order valence-corrected chi connectivity index (χ1v) is 11.1. The Balaban J connectivity index is 1.36. The molecule has 0 radical (unpaired) electrons. The zero-order chi connectivity index (χ0) is 24.6. The van der Waals surface area contributed by atoms with Crippen molar-refractivity contribution in [2.45, 2.75) is 32.3 Å². The number of hydrogen-bond donors (Lipinski definition) is 2. The molecular weight excluding hydrogens is 452 g/mol. The summed E-state index contributed by atoms with van der Waals surface area (Å²) in [5, 5.41) is 2.67. The molecule has 0 saturated carbocycles. The maximum Gasteiger partial charge on any atom is 0.413 e. The number of hydrogen-bond acceptors (Lipinski definition) is 10. The highest BCUT2D eigenvalue weighted by Gasteiger charge is 2.45. The average Bonchev–Trinajstić information content (AvgIpc) is 2.82. The minimum absolute atomic E-state index is 0.216. The van der Waals surface area contributed by atoms with Crippen LogP contribution in [0.3, 0.4) is 0 Å². The van der Waals surface area contributed by atoms with Crippen molar-refractivity contribution in [3.8, 4) is 17.4 Å². The van der Waals surface area contributed by atoms with Gasteiger partial charge in [-0.2, -0.15) is 4.98 Å². The summed E-state index contributed by atoms with van der Waals surface area (Å²) in [6.45, 7) is 5.11. The van der Waals surface area contributed by atoms with Gasteiger partial charge >= 0.3 is 6.09 Å². The van der Waals surface area contributed by atoms with Crippen molar-refractivity contribution in [2.24, 2.45) is 0 Å². The summed E-state index contributed by atoms with van der Waals surface area (Å²) in [6, 6.07) is 8.81. The molecule has 180 valence electrons. The Morgan fingerprint density at radius 3 is 2.77 bits per heavy atom. The molecule has 11 nitrogen and oxygen atoms in total. The minimum atomic E-state index is -0.722. The van der Waals surface area contributed by atoms with E-state index in [1.54, 1.807) is 32.2 Å². The van der Waals surface area contributed by atoms with Crippen LogP contribution in [0.25, 0.3) is 0 Å². The Morgan fingerprint density at radius 2 is 2.00 bits per heavy atom. The lowest BCUT2D eigenvalue weighted by Crippen LogP contribution is -2.48. The second-order valence-electron chi connectivity index (χ2n) is 8.48. The van der Waals surface area contributed by atoms with Gasteiger partial charge in [0.15, 0.2) is 5.75 Å². The largest absolute Gasteiger partial charge is 0.439 e. The summed E-state index contributed by atoms with van der Waals surface area (Å²) in [5.74, 6) is 2.77. The van der Waals surface area contributed by atoms with E-state index in [-0.39, 0.29) is 5.75 Å². The number of anilines is 3. The van der Waals surface area contributed by atoms with Gasteiger partial charge < -0.3 is 24.8 Å². The number of nitrogen functional groups attached to an aromatic ring is 1. The third-order valence-corrected chi connectivity index (χ3v) is 6.22. The topological polar surface area (TPSA) is 142 Å². The molecule has 2 aliphatic rings. The standard InChI is InChI=1S/C24H24N6O5/c1-14-10-16(11-18(21(14)25)33-13-31)34-20-12-19(27-15(2)28-20)30-8-5-24(6-9-30)17-4-3-7-26-22(17)29-23(32)35-24/h3-4,7,10-13H,5-6,8-9,25H2,1-2H3,(H,26,29,32). The zero-order valence-electron chi connectivity index (χ0n) is 19.3. The molecule has 1 spiro atoms. The predicted molar refractivity (Wildman–Crippen MR) is 127 cm³/mol. The lowest BCUT2D eigenvalue weighted by Gasteiger charge is -2.44. The summed E-state index contributed by atoms with van der Waals surface area (Å²) in [4.78, 5) is 38.3. The number of piperidine rings is 1. The first-order chi connectivity index (χ1) is 16.9. The van der Waals surface area contributed by atoms with Crippen molar-refractivity contribution >= 4 is 29.9 Å². The van der Waals surface area contributed by atoms with Crippen LogP contribution in [0.1, 0.15) is 29.8 Å². The fourth-order valence-electron chi connectivity index (χ4n) is 4.50. The Labute approximate surface area is 201 Å². The number of carbonyl (C=O) groups excluding carboxylic acids is 2. The van der Waals surface area contributed by atoms with Crippen LogP contribution in [0.15, 0.2) is 36.5 Å². The minimum Gasteiger partial charge on any atom is -0.439 e. The maximum absolute atomic E-state index is 12.2. The number of ether oxygens (including phenoxy) is 3. The van der Waals surface area contributed by atoms with Gasteiger partial charge in [-0.25, -0.2) is 14.8 Å². The van der Waals surface area contributed by atoms with Crippen LogP contribution < -0.4 is 25.4 Å². The molecule has 0 unspecified atom stereocenters. The molecule has 1 fully saturated rings. The molecule has 11 heteroatoms. The number of amides is 1. The van der Waals surface area contributed by atoms with Crippen molar-refractivity contribution in [2.75, 3.05) is 29.0 Å². The number of fused-ring (bicyclic) bond motifs is 2. The van der Waals surface area contributed by atoms with Crippen LogP contribution in [0.4, 0.5) is 22.1 Å². The molecule has 1 amide bonds. The van der Waals surface area contributed by atoms with Crippen molar-refractivity contribution < 1.29 is 23.8 Å². The van der Waals surface area contributed by atoms with Crippen LogP contribution in [-0.2, 0) is 15.1 Å². The molecule has 2 aromatic heterocycles. The lowest BCUT2D eigenvalue weighted by atomic mass is 9.83. The molecule has 0 bridgehead atoms. The molecule has 0 atom stereocenters. The van der Waals surface area contributed by atoms with E-state index in [4.69, 9.17) is 19.9 Å². The molecule has 5 rings (SSSR count). The van der Waals surface area contributed by atoms with E-state index in [0.29, 0.717) is 72.7 Å². The predicted octanol–water partition coefficient (Wildman–Crippen LogP) is 3.46. The number of rotatable bonds is 5. The van der Waals surface area contributed by atoms with E-state index in [1.807, 2.05) is 12.1 Å². The summed E-state index contributed by atoms with van der Waals surface area (Å²) in [7, 11) is 0. The molecular formula is C24H24N6O5. The second-order valence-corrected chi connectivity index (χ2v) is 8.48. The Kier molecular flexibility index (Phi) is 5.59. The number of benzene rings is 1. The monoisotopic (exact) mass is 476 g/mol. The maximum atomic E-state index is 12.2. The SMILES string of the molecule is Cc1nc(Oc2cc(C)c(N)c(OC=O)c2)cc(N2CCC3(CC2)OC(=O)Nc2ncccc23)n1. The fraction of sp³-hybridized carbons (Fsp3) is 0.292. The average molecular weight is 476 g/mol. The molecule has 3 aromatic rings. The number of pyridine rings is 1. The third kappa shape index (κ3) is 4.27. The Hall–Kier alpha value is -4.41. The van der Waals surface area contributed by atoms with Crippen LogP contribution in [-0.4, -0.2) is 40.6 Å². The first kappa shape index (κ1) is 22.4. The highest BCUT2D eigenvalue weighted by atomic mass is 16.6. The van der Waals surface area contributed by atoms with Crippen LogP contribution in [0.2, 0.25) is 0 Å². The molecule has 0 aliphatic carbocycles. The Bertz CT molecular complexity index is 1310. The van der Waals surface area contributed by atoms with Gasteiger partial charge in [-0.3, -0.25) is 10.1 Å². The van der Waals surface area contributed by atoms with Crippen molar-refractivity contribution in [1.29, 1.82) is 0 Å². The normalized spacial score (nSPS) is 16.2. The summed E-state index contributed by atoms with van der Waals surface area (Å²) < 4.78 is 16.7. The highest BCUT2D eigenvalue weighted by molar-refractivity contribution is 5.87. The first-order valence-electron chi connectivity index (χ1n) is 11.1. The van der Waals surface area contributed by atoms with Crippen LogP contribution in [0, 0.1) is 13.8 Å². The Morgan fingerprint density at radius 1 is 1.20 bits per heavy atom. The van der Waals surface area contributed by atoms with Crippen LogP contribution in [0.5, 0.6) is 17.4 Å². The third-order valence-electron chi connectivity index (χ3n) is 6.22. The summed E-state index contributed by atoms with van der Waals surface area (Å²) in [5.41, 5.74) is 7.19. The summed E-state index contributed by atoms with van der Waals surface area (Å²) in [6.07, 6.45) is 2.33. The number of aromatic nitrogens is 3. The van der Waals surface area contributed by atoms with Gasteiger partial charge in [0.25, 0.3) is 6.47 Å². The second kappa shape index (κ2) is 8.75. The van der Waals surface area contributed by atoms with E-state index < -0.39 is 11.7 Å². The number of nitrogens with one attached hydrogen (secondary N) is 1. The van der Waals surface area contributed by atoms with Gasteiger partial charge in [0.1, 0.15) is 28.8 Å². The molecule has 35 heavy (non-hydrogen) atoms. The molecule has 4 heterocycles. The van der Waals surface area contributed by atoms with Crippen LogP contribution >= 0.6 is 0 Å². The fourth-order valence-corrected chi connectivity index (χ4v) is 4.50. The number of nitrogens with two attached hydrogens (primary N) is 1. The van der Waals surface area contributed by atoms with Gasteiger partial charge in [0.2, 0.25) is 5.88 Å². The van der Waals surface area contributed by atoms with E-state index in [0.717, 1.165) is 5.56 Å². The van der Waals surface area contributed by atoms with Gasteiger partial charge in [0.05, 0.1) is 5.69 Å². The van der Waals surface area contributed by atoms with Crippen molar-refractivity contribution in [1.82, 2.24) is 15.0 Å². The lowest BCUT2D eigenvalue weighted by molar-refractivity contribution is -0.120. The zero-order valence-corrected chi connectivity index (χ0v) is 19.3. The van der Waals surface area contributed by atoms with E-state index in [1.165, 1.54) is 6.07 Å². The van der Waals surface area contributed by atoms with E-state index >= 15 is 0 Å². The number of nitrogens with zero attached hydrogens (tertiary/aromatic N) is 4. The van der Waals surface area contributed by atoms with Gasteiger partial charge in [-0.15, -0.1) is 0 Å². The number of carbonyl (C=O) groups is 2. The molecule has 3 N–H and O–H groups in total. The quantitative estimate of drug-likeness (QED) is 0.415. The molecule has 1 aromatic carbocycles. The summed E-state index contributed by atoms with van der Waals surface area (Å²) >= 11 is 0. The smallest absolute Gasteiger partial charge is 0.413 e. The van der Waals surface area contributed by atoms with Gasteiger partial charge in [0, 0.05) is 49.8 Å². The highest BCUT2D eigenvalue weighted by Crippen LogP contribution is 2.43. The van der Waals surface area contributed by atoms with Gasteiger partial charge in [-0.1, -0.05) is 0 Å². The van der Waals surface area contributed by atoms with Crippen molar-refractivity contribution in [3.05, 3.63) is 53.5 Å². The number of aryl methyl sites for hydroxylation is 2. The molecule has 2 aliphatic heterocycles. The van der Waals surface area contributed by atoms with Crippen molar-refractivity contribution in [3.63, 3.8) is 0 Å². The van der Waals surface area contributed by atoms with E-state index in [9.17, 15) is 9.59 Å². The van der Waals surface area contributed by atoms with E-state index in [2.05, 4.69) is 25.2 Å².